The van der Waals surface area contributed by atoms with Gasteiger partial charge < -0.3 is 10.1 Å². The topological polar surface area (TPSA) is 74.7 Å². The monoisotopic (exact) mass is 216 g/mol. The molecule has 0 saturated heterocycles. The zero-order valence-corrected chi connectivity index (χ0v) is 8.94. The van der Waals surface area contributed by atoms with Crippen molar-refractivity contribution in [2.24, 2.45) is 5.92 Å². The van der Waals surface area contributed by atoms with E-state index in [1.165, 1.54) is 6.33 Å². The molecule has 82 valence electrons. The SMILES string of the molecule is C[C@H](CO)CC#Cc1ncnc2nc[nH]c12. The van der Waals surface area contributed by atoms with Gasteiger partial charge >= 0.3 is 0 Å². The molecule has 2 aromatic rings. The van der Waals surface area contributed by atoms with Crippen molar-refractivity contribution in [2.45, 2.75) is 13.3 Å². The first-order chi connectivity index (χ1) is 7.81. The summed E-state index contributed by atoms with van der Waals surface area (Å²) in [7, 11) is 0. The summed E-state index contributed by atoms with van der Waals surface area (Å²) < 4.78 is 0. The largest absolute Gasteiger partial charge is 0.396 e. The Balaban J connectivity index is 2.23. The third-order valence-electron chi connectivity index (χ3n) is 2.19. The maximum Gasteiger partial charge on any atom is 0.181 e. The van der Waals surface area contributed by atoms with Crippen molar-refractivity contribution < 1.29 is 5.11 Å². The molecule has 0 spiro atoms. The lowest BCUT2D eigenvalue weighted by Gasteiger charge is -1.98. The summed E-state index contributed by atoms with van der Waals surface area (Å²) in [4.78, 5) is 15.1. The van der Waals surface area contributed by atoms with Crippen molar-refractivity contribution in [1.82, 2.24) is 19.9 Å². The number of nitrogens with one attached hydrogen (secondary N) is 1. The second kappa shape index (κ2) is 4.73. The van der Waals surface area contributed by atoms with E-state index in [0.717, 1.165) is 5.52 Å². The number of nitrogens with zero attached hydrogens (tertiary/aromatic N) is 3. The first-order valence-electron chi connectivity index (χ1n) is 5.05. The minimum atomic E-state index is 0.151. The van der Waals surface area contributed by atoms with Crippen molar-refractivity contribution in [3.63, 3.8) is 0 Å². The van der Waals surface area contributed by atoms with E-state index >= 15 is 0 Å². The van der Waals surface area contributed by atoms with Gasteiger partial charge in [0.05, 0.1) is 6.33 Å². The average molecular weight is 216 g/mol. The summed E-state index contributed by atoms with van der Waals surface area (Å²) in [6, 6.07) is 0. The summed E-state index contributed by atoms with van der Waals surface area (Å²) in [5, 5.41) is 8.86. The van der Waals surface area contributed by atoms with Gasteiger partial charge in [-0.25, -0.2) is 15.0 Å². The summed E-state index contributed by atoms with van der Waals surface area (Å²) in [6.45, 7) is 2.10. The Labute approximate surface area is 93.0 Å². The highest BCUT2D eigenvalue weighted by molar-refractivity contribution is 5.75. The fourth-order valence-electron chi connectivity index (χ4n) is 1.23. The van der Waals surface area contributed by atoms with Crippen LogP contribution in [-0.2, 0) is 0 Å². The van der Waals surface area contributed by atoms with Crippen LogP contribution >= 0.6 is 0 Å². The number of aliphatic hydroxyl groups excluding tert-OH is 1. The fraction of sp³-hybridized carbons (Fsp3) is 0.364. The molecule has 2 rings (SSSR count). The van der Waals surface area contributed by atoms with Crippen LogP contribution in [0, 0.1) is 17.8 Å². The number of hydrogen-bond donors (Lipinski definition) is 2. The molecule has 0 unspecified atom stereocenters. The van der Waals surface area contributed by atoms with E-state index in [1.807, 2.05) is 6.92 Å². The van der Waals surface area contributed by atoms with E-state index < -0.39 is 0 Å². The van der Waals surface area contributed by atoms with Crippen molar-refractivity contribution in [3.05, 3.63) is 18.3 Å². The first-order valence-corrected chi connectivity index (χ1v) is 5.05. The molecule has 2 aromatic heterocycles. The molecule has 0 aliphatic heterocycles. The van der Waals surface area contributed by atoms with Gasteiger partial charge in [0.15, 0.2) is 5.65 Å². The Morgan fingerprint density at radius 3 is 3.12 bits per heavy atom. The minimum Gasteiger partial charge on any atom is -0.396 e. The molecule has 0 aromatic carbocycles. The third kappa shape index (κ3) is 2.18. The molecule has 2 heterocycles. The predicted molar refractivity (Wildman–Crippen MR) is 59.4 cm³/mol. The van der Waals surface area contributed by atoms with Gasteiger partial charge in [-0.3, -0.25) is 0 Å². The number of fused-ring (bicyclic) bond motifs is 1. The van der Waals surface area contributed by atoms with Crippen LogP contribution < -0.4 is 0 Å². The van der Waals surface area contributed by atoms with E-state index in [4.69, 9.17) is 5.11 Å². The lowest BCUT2D eigenvalue weighted by molar-refractivity contribution is 0.240. The predicted octanol–water partition coefficient (Wildman–Crippen LogP) is 0.723. The Morgan fingerprint density at radius 1 is 1.44 bits per heavy atom. The highest BCUT2D eigenvalue weighted by Gasteiger charge is 2.02. The molecule has 0 fully saturated rings. The number of aliphatic hydroxyl groups is 1. The smallest absolute Gasteiger partial charge is 0.181 e. The van der Waals surface area contributed by atoms with Gasteiger partial charge in [-0.15, -0.1) is 0 Å². The van der Waals surface area contributed by atoms with Crippen LogP contribution in [0.25, 0.3) is 11.2 Å². The first kappa shape index (κ1) is 10.6. The molecule has 2 N–H and O–H groups in total. The van der Waals surface area contributed by atoms with Crippen molar-refractivity contribution in [3.8, 4) is 11.8 Å². The number of H-pyrrole nitrogens is 1. The van der Waals surface area contributed by atoms with Crippen LogP contribution in [0.5, 0.6) is 0 Å². The van der Waals surface area contributed by atoms with Crippen molar-refractivity contribution in [2.75, 3.05) is 6.61 Å². The molecule has 5 heteroatoms. The number of hydrogen-bond acceptors (Lipinski definition) is 4. The molecular formula is C11H12N4O. The number of imidazole rings is 1. The van der Waals surface area contributed by atoms with Gasteiger partial charge in [0, 0.05) is 13.0 Å². The summed E-state index contributed by atoms with van der Waals surface area (Å²) >= 11 is 0. The van der Waals surface area contributed by atoms with E-state index in [0.29, 0.717) is 17.8 Å². The second-order valence-corrected chi connectivity index (χ2v) is 3.62. The molecular weight excluding hydrogens is 204 g/mol. The second-order valence-electron chi connectivity index (χ2n) is 3.62. The van der Waals surface area contributed by atoms with Crippen LogP contribution in [0.4, 0.5) is 0 Å². The molecule has 5 nitrogen and oxygen atoms in total. The average Bonchev–Trinajstić information content (AvgIpc) is 2.77. The lowest BCUT2D eigenvalue weighted by Crippen LogP contribution is -1.98. The van der Waals surface area contributed by atoms with Crippen LogP contribution in [0.3, 0.4) is 0 Å². The van der Waals surface area contributed by atoms with E-state index in [9.17, 15) is 0 Å². The van der Waals surface area contributed by atoms with Crippen LogP contribution in [0.1, 0.15) is 19.0 Å². The normalized spacial score (nSPS) is 12.1. The van der Waals surface area contributed by atoms with Crippen molar-refractivity contribution >= 4 is 11.2 Å². The van der Waals surface area contributed by atoms with Gasteiger partial charge in [0.1, 0.15) is 17.5 Å². The quantitative estimate of drug-likeness (QED) is 0.725. The fourth-order valence-corrected chi connectivity index (χ4v) is 1.23. The maximum atomic E-state index is 8.86. The minimum absolute atomic E-state index is 0.151. The molecule has 0 aliphatic rings. The number of aromatic nitrogens is 4. The third-order valence-corrected chi connectivity index (χ3v) is 2.19. The Morgan fingerprint density at radius 2 is 2.31 bits per heavy atom. The number of aromatic amines is 1. The van der Waals surface area contributed by atoms with Crippen LogP contribution in [-0.4, -0.2) is 31.6 Å². The molecule has 0 saturated carbocycles. The molecule has 1 atom stereocenters. The molecule has 0 bridgehead atoms. The molecule has 0 aliphatic carbocycles. The van der Waals surface area contributed by atoms with Gasteiger partial charge in [-0.2, -0.15) is 0 Å². The highest BCUT2D eigenvalue weighted by atomic mass is 16.3. The van der Waals surface area contributed by atoms with E-state index in [1.54, 1.807) is 6.33 Å². The van der Waals surface area contributed by atoms with Crippen LogP contribution in [0.15, 0.2) is 12.7 Å². The molecule has 16 heavy (non-hydrogen) atoms. The van der Waals surface area contributed by atoms with E-state index in [2.05, 4.69) is 31.8 Å². The Bertz CT molecular complexity index is 537. The van der Waals surface area contributed by atoms with Crippen LogP contribution in [0.2, 0.25) is 0 Å². The van der Waals surface area contributed by atoms with Gasteiger partial charge in [-0.05, 0) is 11.8 Å². The summed E-state index contributed by atoms with van der Waals surface area (Å²) in [6.07, 6.45) is 3.67. The molecule has 0 amide bonds. The summed E-state index contributed by atoms with van der Waals surface area (Å²) in [5.74, 6) is 6.13. The van der Waals surface area contributed by atoms with Gasteiger partial charge in [-0.1, -0.05) is 12.8 Å². The van der Waals surface area contributed by atoms with Crippen molar-refractivity contribution in [1.29, 1.82) is 0 Å². The standard InChI is InChI=1S/C11H12N4O/c1-8(5-16)3-2-4-9-10-11(14-6-12-9)15-7-13-10/h6-8,16H,3,5H2,1H3,(H,12,13,14,15)/t8-/m0/s1. The van der Waals surface area contributed by atoms with Gasteiger partial charge in [0.2, 0.25) is 0 Å². The maximum absolute atomic E-state index is 8.86. The highest BCUT2D eigenvalue weighted by Crippen LogP contribution is 2.07. The zero-order chi connectivity index (χ0) is 11.4. The lowest BCUT2D eigenvalue weighted by atomic mass is 10.1. The Kier molecular flexibility index (Phi) is 3.13. The molecule has 0 radical (unpaired) electrons. The van der Waals surface area contributed by atoms with Gasteiger partial charge in [0.25, 0.3) is 0 Å². The number of rotatable bonds is 2. The zero-order valence-electron chi connectivity index (χ0n) is 8.94. The van der Waals surface area contributed by atoms with E-state index in [-0.39, 0.29) is 12.5 Å². The summed E-state index contributed by atoms with van der Waals surface area (Å²) in [5.41, 5.74) is 2.02. The Hall–Kier alpha value is -1.93.